The molecule has 1 aliphatic heterocycles. The zero-order valence-electron chi connectivity index (χ0n) is 14.0. The van der Waals surface area contributed by atoms with Gasteiger partial charge in [0, 0.05) is 31.5 Å². The molecule has 1 atom stereocenters. The van der Waals surface area contributed by atoms with Gasteiger partial charge in [-0.25, -0.2) is 0 Å². The van der Waals surface area contributed by atoms with Gasteiger partial charge in [-0.05, 0) is 10.8 Å². The van der Waals surface area contributed by atoms with Crippen LogP contribution in [0.3, 0.4) is 0 Å². The molecule has 2 amide bonds. The van der Waals surface area contributed by atoms with Crippen LogP contribution in [-0.4, -0.2) is 35.3 Å². The van der Waals surface area contributed by atoms with Crippen molar-refractivity contribution in [1.82, 2.24) is 10.2 Å². The third-order valence-corrected chi connectivity index (χ3v) is 3.81. The van der Waals surface area contributed by atoms with Crippen molar-refractivity contribution in [2.24, 2.45) is 10.8 Å². The Morgan fingerprint density at radius 3 is 1.95 bits per heavy atom. The van der Waals surface area contributed by atoms with Gasteiger partial charge in [0.1, 0.15) is 0 Å². The Morgan fingerprint density at radius 1 is 1.15 bits per heavy atom. The highest BCUT2D eigenvalue weighted by Gasteiger charge is 2.39. The normalized spacial score (nSPS) is 21.5. The molecule has 116 valence electrons. The average molecular weight is 282 g/mol. The molecule has 0 unspecified atom stereocenters. The lowest BCUT2D eigenvalue weighted by Gasteiger charge is -2.40. The fraction of sp³-hybridized carbons (Fsp3) is 0.875. The summed E-state index contributed by atoms with van der Waals surface area (Å²) in [5.74, 6) is -0.0721. The van der Waals surface area contributed by atoms with Gasteiger partial charge in [-0.1, -0.05) is 48.5 Å². The Bertz CT molecular complexity index is 360. The quantitative estimate of drug-likeness (QED) is 0.806. The smallest absolute Gasteiger partial charge is 0.229 e. The maximum atomic E-state index is 12.2. The highest BCUT2D eigenvalue weighted by Crippen LogP contribution is 2.32. The summed E-state index contributed by atoms with van der Waals surface area (Å²) in [6, 6.07) is 0.433. The van der Waals surface area contributed by atoms with Gasteiger partial charge >= 0.3 is 0 Å². The van der Waals surface area contributed by atoms with Gasteiger partial charge in [0.25, 0.3) is 0 Å². The van der Waals surface area contributed by atoms with Crippen molar-refractivity contribution in [3.05, 3.63) is 0 Å². The molecule has 1 heterocycles. The lowest BCUT2D eigenvalue weighted by molar-refractivity contribution is -0.153. The van der Waals surface area contributed by atoms with Crippen LogP contribution in [0.1, 0.15) is 61.3 Å². The summed E-state index contributed by atoms with van der Waals surface area (Å²) in [6.45, 7) is 15.0. The summed E-state index contributed by atoms with van der Waals surface area (Å²) in [5.41, 5.74) is -0.203. The first-order valence-corrected chi connectivity index (χ1v) is 7.51. The van der Waals surface area contributed by atoms with Gasteiger partial charge < -0.3 is 5.32 Å². The molecule has 0 spiro atoms. The maximum absolute atomic E-state index is 12.2. The minimum Gasteiger partial charge on any atom is -0.309 e. The van der Waals surface area contributed by atoms with E-state index in [1.165, 1.54) is 4.90 Å². The minimum atomic E-state index is -0.201. The Kier molecular flexibility index (Phi) is 5.01. The maximum Gasteiger partial charge on any atom is 0.229 e. The summed E-state index contributed by atoms with van der Waals surface area (Å²) >= 11 is 0. The molecule has 0 saturated carbocycles. The number of likely N-dealkylation sites (tertiary alicyclic amines) is 1. The van der Waals surface area contributed by atoms with Gasteiger partial charge in [0.05, 0.1) is 0 Å². The van der Waals surface area contributed by atoms with Crippen molar-refractivity contribution in [3.63, 3.8) is 0 Å². The predicted molar refractivity (Wildman–Crippen MR) is 81.2 cm³/mol. The molecular weight excluding hydrogens is 252 g/mol. The predicted octanol–water partition coefficient (Wildman–Crippen LogP) is 2.57. The first kappa shape index (κ1) is 17.2. The zero-order chi connectivity index (χ0) is 15.7. The van der Waals surface area contributed by atoms with E-state index in [1.807, 2.05) is 13.8 Å². The van der Waals surface area contributed by atoms with Crippen molar-refractivity contribution in [3.8, 4) is 0 Å². The number of amides is 2. The van der Waals surface area contributed by atoms with E-state index in [2.05, 4.69) is 39.9 Å². The average Bonchev–Trinajstić information content (AvgIpc) is 2.17. The van der Waals surface area contributed by atoms with E-state index in [4.69, 9.17) is 0 Å². The van der Waals surface area contributed by atoms with Crippen LogP contribution in [0.4, 0.5) is 0 Å². The largest absolute Gasteiger partial charge is 0.309 e. The van der Waals surface area contributed by atoms with Crippen LogP contribution in [0.15, 0.2) is 0 Å². The van der Waals surface area contributed by atoms with Gasteiger partial charge in [0.2, 0.25) is 11.8 Å². The van der Waals surface area contributed by atoms with Crippen molar-refractivity contribution in [1.29, 1.82) is 0 Å². The molecule has 1 N–H and O–H groups in total. The van der Waals surface area contributed by atoms with E-state index < -0.39 is 0 Å². The number of carbonyl (C=O) groups is 2. The van der Waals surface area contributed by atoms with Crippen LogP contribution in [0.25, 0.3) is 0 Å². The highest BCUT2D eigenvalue weighted by molar-refractivity contribution is 5.98. The number of rotatable bonds is 4. The Labute approximate surface area is 123 Å². The third kappa shape index (κ3) is 4.58. The number of carbonyl (C=O) groups excluding carboxylic acids is 2. The van der Waals surface area contributed by atoms with Gasteiger partial charge in [0.15, 0.2) is 0 Å². The molecule has 1 saturated heterocycles. The fourth-order valence-electron chi connectivity index (χ4n) is 2.58. The van der Waals surface area contributed by atoms with Gasteiger partial charge in [-0.3, -0.25) is 14.5 Å². The minimum absolute atomic E-state index is 0.00219. The second kappa shape index (κ2) is 5.84. The molecule has 1 fully saturated rings. The standard InChI is InChI=1S/C16H30N2O2/c1-11(2)17-12(15(3,4)5)10-18-13(19)8-16(6,7)9-14(18)20/h11-12,17H,8-10H2,1-7H3/t12-/m1/s1. The number of imide groups is 1. The molecule has 1 rings (SSSR count). The first-order chi connectivity index (χ1) is 8.92. The van der Waals surface area contributed by atoms with E-state index in [9.17, 15) is 9.59 Å². The van der Waals surface area contributed by atoms with E-state index in [-0.39, 0.29) is 28.7 Å². The fourth-order valence-corrected chi connectivity index (χ4v) is 2.58. The van der Waals surface area contributed by atoms with Gasteiger partial charge in [-0.15, -0.1) is 0 Å². The van der Waals surface area contributed by atoms with E-state index in [0.29, 0.717) is 25.4 Å². The molecule has 1 aliphatic rings. The topological polar surface area (TPSA) is 49.4 Å². The monoisotopic (exact) mass is 282 g/mol. The van der Waals surface area contributed by atoms with Crippen molar-refractivity contribution in [2.45, 2.75) is 73.4 Å². The van der Waals surface area contributed by atoms with Crippen LogP contribution in [-0.2, 0) is 9.59 Å². The lowest BCUT2D eigenvalue weighted by Crippen LogP contribution is -2.56. The van der Waals surface area contributed by atoms with E-state index in [1.54, 1.807) is 0 Å². The zero-order valence-corrected chi connectivity index (χ0v) is 14.0. The second-order valence-corrected chi connectivity index (χ2v) is 8.16. The molecule has 0 aromatic rings. The highest BCUT2D eigenvalue weighted by atomic mass is 16.2. The van der Waals surface area contributed by atoms with Crippen molar-refractivity contribution < 1.29 is 9.59 Å². The molecule has 4 heteroatoms. The summed E-state index contributed by atoms with van der Waals surface area (Å²) in [6.07, 6.45) is 0.911. The Morgan fingerprint density at radius 2 is 1.60 bits per heavy atom. The van der Waals surface area contributed by atoms with Crippen LogP contribution in [0.5, 0.6) is 0 Å². The number of nitrogens with one attached hydrogen (secondary N) is 1. The summed E-state index contributed by atoms with van der Waals surface area (Å²) < 4.78 is 0. The third-order valence-electron chi connectivity index (χ3n) is 3.81. The number of hydrogen-bond donors (Lipinski definition) is 1. The van der Waals surface area contributed by atoms with Crippen LogP contribution < -0.4 is 5.32 Å². The molecular formula is C16H30N2O2. The molecule has 0 aromatic heterocycles. The first-order valence-electron chi connectivity index (χ1n) is 7.51. The lowest BCUT2D eigenvalue weighted by atomic mass is 9.80. The molecule has 4 nitrogen and oxygen atoms in total. The van der Waals surface area contributed by atoms with Crippen molar-refractivity contribution in [2.75, 3.05) is 6.54 Å². The number of piperidine rings is 1. The molecule has 0 aromatic carbocycles. The summed E-state index contributed by atoms with van der Waals surface area (Å²) in [5, 5.41) is 3.48. The van der Waals surface area contributed by atoms with E-state index in [0.717, 1.165) is 0 Å². The molecule has 0 radical (unpaired) electrons. The molecule has 0 bridgehead atoms. The van der Waals surface area contributed by atoms with Gasteiger partial charge in [-0.2, -0.15) is 0 Å². The van der Waals surface area contributed by atoms with Crippen LogP contribution in [0.2, 0.25) is 0 Å². The second-order valence-electron chi connectivity index (χ2n) is 8.16. The SMILES string of the molecule is CC(C)N[C@H](CN1C(=O)CC(C)(C)CC1=O)C(C)(C)C. The number of nitrogens with zero attached hydrogens (tertiary/aromatic N) is 1. The molecule has 0 aliphatic carbocycles. The number of hydrogen-bond acceptors (Lipinski definition) is 3. The van der Waals surface area contributed by atoms with E-state index >= 15 is 0 Å². The molecule has 20 heavy (non-hydrogen) atoms. The summed E-state index contributed by atoms with van der Waals surface area (Å²) in [4.78, 5) is 25.9. The van der Waals surface area contributed by atoms with Crippen LogP contribution >= 0.6 is 0 Å². The van der Waals surface area contributed by atoms with Crippen molar-refractivity contribution >= 4 is 11.8 Å². The summed E-state index contributed by atoms with van der Waals surface area (Å²) in [7, 11) is 0. The van der Waals surface area contributed by atoms with Crippen LogP contribution in [0, 0.1) is 10.8 Å². The Balaban J connectivity index is 2.83. The Hall–Kier alpha value is -0.900.